The molecule has 5 nitrogen and oxygen atoms in total. The first kappa shape index (κ1) is 14.3. The average molecular weight is 290 g/mol. The summed E-state index contributed by atoms with van der Waals surface area (Å²) in [6, 6.07) is 2.00. The van der Waals surface area contributed by atoms with Gasteiger partial charge in [-0.25, -0.2) is 9.78 Å². The summed E-state index contributed by atoms with van der Waals surface area (Å²) in [6.07, 6.45) is 2.23. The van der Waals surface area contributed by atoms with Gasteiger partial charge >= 0.3 is 5.97 Å². The summed E-state index contributed by atoms with van der Waals surface area (Å²) in [6.45, 7) is 7.39. The molecule has 0 atom stereocenters. The highest BCUT2D eigenvalue weighted by Gasteiger charge is 2.32. The normalized spacial score (nSPS) is 18.7. The molecule has 114 valence electrons. The van der Waals surface area contributed by atoms with Crippen LogP contribution in [0.25, 0.3) is 0 Å². The van der Waals surface area contributed by atoms with Crippen molar-refractivity contribution in [2.24, 2.45) is 0 Å². The summed E-state index contributed by atoms with van der Waals surface area (Å²) in [7, 11) is 0. The van der Waals surface area contributed by atoms with Crippen molar-refractivity contribution >= 4 is 11.8 Å². The lowest BCUT2D eigenvalue weighted by molar-refractivity contribution is 0.0523. The molecular weight excluding hydrogens is 268 g/mol. The molecule has 5 heteroatoms. The van der Waals surface area contributed by atoms with E-state index >= 15 is 0 Å². The topological polar surface area (TPSA) is 51.7 Å². The molecule has 0 aromatic carbocycles. The van der Waals surface area contributed by atoms with Crippen molar-refractivity contribution in [3.63, 3.8) is 0 Å². The molecule has 1 saturated heterocycles. The largest absolute Gasteiger partial charge is 0.462 e. The lowest BCUT2D eigenvalue weighted by Crippen LogP contribution is -2.37. The predicted octanol–water partition coefficient (Wildman–Crippen LogP) is 2.28. The van der Waals surface area contributed by atoms with E-state index in [1.807, 2.05) is 19.9 Å². The molecule has 0 unspecified atom stereocenters. The minimum absolute atomic E-state index is 0.238. The van der Waals surface area contributed by atoms with E-state index in [9.17, 15) is 4.79 Å². The zero-order chi connectivity index (χ0) is 14.8. The van der Waals surface area contributed by atoms with Gasteiger partial charge < -0.3 is 14.4 Å². The Balaban J connectivity index is 1.96. The Kier molecular flexibility index (Phi) is 4.10. The molecule has 2 heterocycles. The fraction of sp³-hybridized carbons (Fsp3) is 0.625. The molecule has 1 aliphatic heterocycles. The summed E-state index contributed by atoms with van der Waals surface area (Å²) in [5.41, 5.74) is 2.57. The number of hydrogen-bond donors (Lipinski definition) is 0. The van der Waals surface area contributed by atoms with E-state index in [0.717, 1.165) is 56.2 Å². The second kappa shape index (κ2) is 6.02. The molecule has 0 radical (unpaired) electrons. The van der Waals surface area contributed by atoms with Crippen molar-refractivity contribution in [2.45, 2.75) is 32.6 Å². The summed E-state index contributed by atoms with van der Waals surface area (Å²) < 4.78 is 10.6. The summed E-state index contributed by atoms with van der Waals surface area (Å²) in [5, 5.41) is 0. The van der Waals surface area contributed by atoms with Crippen LogP contribution in [0.3, 0.4) is 0 Å². The second-order valence-electron chi connectivity index (χ2n) is 5.65. The molecule has 2 aliphatic rings. The van der Waals surface area contributed by atoms with Gasteiger partial charge in [0, 0.05) is 19.0 Å². The van der Waals surface area contributed by atoms with Crippen molar-refractivity contribution in [1.29, 1.82) is 0 Å². The highest BCUT2D eigenvalue weighted by atomic mass is 16.5. The quantitative estimate of drug-likeness (QED) is 0.796. The number of morpholine rings is 1. The van der Waals surface area contributed by atoms with Crippen LogP contribution in [0.2, 0.25) is 0 Å². The van der Waals surface area contributed by atoms with Crippen molar-refractivity contribution in [1.82, 2.24) is 4.98 Å². The van der Waals surface area contributed by atoms with Crippen LogP contribution in [0.5, 0.6) is 0 Å². The number of anilines is 1. The number of ether oxygens (including phenoxy) is 2. The van der Waals surface area contributed by atoms with Crippen LogP contribution in [0, 0.1) is 6.92 Å². The molecular formula is C16H22N2O3. The lowest BCUT2D eigenvalue weighted by Gasteiger charge is -2.29. The Morgan fingerprint density at radius 1 is 1.43 bits per heavy atom. The van der Waals surface area contributed by atoms with E-state index in [-0.39, 0.29) is 5.97 Å². The maximum atomic E-state index is 12.2. The lowest BCUT2D eigenvalue weighted by atomic mass is 10.0. The second-order valence-corrected chi connectivity index (χ2v) is 5.65. The Morgan fingerprint density at radius 3 is 2.76 bits per heavy atom. The average Bonchev–Trinajstić information content (AvgIpc) is 3.32. The summed E-state index contributed by atoms with van der Waals surface area (Å²) >= 11 is 0. The Hall–Kier alpha value is -1.62. The first-order chi connectivity index (χ1) is 10.2. The van der Waals surface area contributed by atoms with Crippen LogP contribution in [0.15, 0.2) is 6.07 Å². The number of hydrogen-bond acceptors (Lipinski definition) is 5. The zero-order valence-electron chi connectivity index (χ0n) is 12.7. The third kappa shape index (κ3) is 3.02. The number of pyridine rings is 1. The van der Waals surface area contributed by atoms with Crippen LogP contribution in [0.1, 0.15) is 47.3 Å². The van der Waals surface area contributed by atoms with Gasteiger partial charge in [-0.05, 0) is 38.3 Å². The fourth-order valence-electron chi connectivity index (χ4n) is 2.75. The molecule has 0 bridgehead atoms. The number of esters is 1. The van der Waals surface area contributed by atoms with Gasteiger partial charge in [0.1, 0.15) is 5.82 Å². The third-order valence-corrected chi connectivity index (χ3v) is 4.01. The van der Waals surface area contributed by atoms with Crippen LogP contribution < -0.4 is 4.90 Å². The Bertz CT molecular complexity index is 535. The third-order valence-electron chi connectivity index (χ3n) is 4.01. The van der Waals surface area contributed by atoms with Gasteiger partial charge in [0.2, 0.25) is 0 Å². The zero-order valence-corrected chi connectivity index (χ0v) is 12.7. The van der Waals surface area contributed by atoms with Gasteiger partial charge in [0.15, 0.2) is 0 Å². The maximum absolute atomic E-state index is 12.2. The summed E-state index contributed by atoms with van der Waals surface area (Å²) in [4.78, 5) is 19.2. The van der Waals surface area contributed by atoms with Crippen LogP contribution in [0.4, 0.5) is 5.82 Å². The van der Waals surface area contributed by atoms with Crippen molar-refractivity contribution in [2.75, 3.05) is 37.8 Å². The van der Waals surface area contributed by atoms with Gasteiger partial charge in [0.25, 0.3) is 0 Å². The predicted molar refractivity (Wildman–Crippen MR) is 79.9 cm³/mol. The van der Waals surface area contributed by atoms with Gasteiger partial charge in [0.05, 0.1) is 31.1 Å². The fourth-order valence-corrected chi connectivity index (χ4v) is 2.75. The number of aromatic nitrogens is 1. The molecule has 2 fully saturated rings. The molecule has 0 N–H and O–H groups in total. The molecule has 1 aromatic heterocycles. The summed E-state index contributed by atoms with van der Waals surface area (Å²) in [5.74, 6) is 1.15. The minimum atomic E-state index is -0.238. The highest BCUT2D eigenvalue weighted by molar-refractivity contribution is 5.93. The minimum Gasteiger partial charge on any atom is -0.462 e. The van der Waals surface area contributed by atoms with E-state index in [1.54, 1.807) is 0 Å². The smallest absolute Gasteiger partial charge is 0.340 e. The van der Waals surface area contributed by atoms with Crippen molar-refractivity contribution in [3.8, 4) is 0 Å². The Morgan fingerprint density at radius 2 is 2.14 bits per heavy atom. The molecule has 0 spiro atoms. The van der Waals surface area contributed by atoms with Crippen LogP contribution in [-0.4, -0.2) is 43.9 Å². The van der Waals surface area contributed by atoms with Gasteiger partial charge in [-0.15, -0.1) is 0 Å². The first-order valence-electron chi connectivity index (χ1n) is 7.72. The molecule has 1 aliphatic carbocycles. The maximum Gasteiger partial charge on any atom is 0.340 e. The van der Waals surface area contributed by atoms with E-state index < -0.39 is 0 Å². The number of aryl methyl sites for hydroxylation is 1. The van der Waals surface area contributed by atoms with E-state index in [0.29, 0.717) is 18.1 Å². The molecule has 21 heavy (non-hydrogen) atoms. The first-order valence-corrected chi connectivity index (χ1v) is 7.72. The number of rotatable bonds is 4. The van der Waals surface area contributed by atoms with Gasteiger partial charge in [-0.1, -0.05) is 0 Å². The van der Waals surface area contributed by atoms with Crippen LogP contribution in [-0.2, 0) is 9.47 Å². The van der Waals surface area contributed by atoms with Crippen molar-refractivity contribution < 1.29 is 14.3 Å². The number of carbonyl (C=O) groups is 1. The molecule has 1 saturated carbocycles. The standard InChI is InChI=1S/C16H22N2O3/c1-3-21-16(19)14-11(2)10-13(17-15(14)12-4-5-12)18-6-8-20-9-7-18/h10,12H,3-9H2,1-2H3. The van der Waals surface area contributed by atoms with E-state index in [2.05, 4.69) is 4.90 Å². The van der Waals surface area contributed by atoms with Gasteiger partial charge in [-0.3, -0.25) is 0 Å². The SMILES string of the molecule is CCOC(=O)c1c(C)cc(N2CCOCC2)nc1C1CC1. The van der Waals surface area contributed by atoms with Crippen molar-refractivity contribution in [3.05, 3.63) is 22.9 Å². The van der Waals surface area contributed by atoms with E-state index in [1.165, 1.54) is 0 Å². The van der Waals surface area contributed by atoms with Gasteiger partial charge in [-0.2, -0.15) is 0 Å². The molecule has 3 rings (SSSR count). The number of carbonyl (C=O) groups excluding carboxylic acids is 1. The highest BCUT2D eigenvalue weighted by Crippen LogP contribution is 2.42. The Labute approximate surface area is 125 Å². The molecule has 0 amide bonds. The monoisotopic (exact) mass is 290 g/mol. The van der Waals surface area contributed by atoms with E-state index in [4.69, 9.17) is 14.5 Å². The van der Waals surface area contributed by atoms with Crippen LogP contribution >= 0.6 is 0 Å². The number of nitrogens with zero attached hydrogens (tertiary/aromatic N) is 2. The molecule has 1 aromatic rings.